The molecule has 1 amide bonds. The average Bonchev–Trinajstić information content (AvgIpc) is 2.25. The lowest BCUT2D eigenvalue weighted by atomic mass is 10.2. The quantitative estimate of drug-likeness (QED) is 0.474. The van der Waals surface area contributed by atoms with Crippen LogP contribution in [0, 0.1) is 0 Å². The molecule has 0 N–H and O–H groups in total. The van der Waals surface area contributed by atoms with E-state index in [1.54, 1.807) is 4.90 Å². The van der Waals surface area contributed by atoms with Crippen molar-refractivity contribution in [3.63, 3.8) is 0 Å². The highest BCUT2D eigenvalue weighted by molar-refractivity contribution is 5.81. The van der Waals surface area contributed by atoms with Crippen LogP contribution in [0.2, 0.25) is 0 Å². The van der Waals surface area contributed by atoms with E-state index in [-0.39, 0.29) is 31.3 Å². The maximum absolute atomic E-state index is 11.5. The minimum atomic E-state index is -0.351. The zero-order valence-corrected chi connectivity index (χ0v) is 9.49. The van der Waals surface area contributed by atoms with Crippen molar-refractivity contribution >= 4 is 11.9 Å². The first-order chi connectivity index (χ1) is 7.15. The van der Waals surface area contributed by atoms with Crippen LogP contribution >= 0.6 is 0 Å². The molecule has 0 bridgehead atoms. The van der Waals surface area contributed by atoms with Gasteiger partial charge in [-0.05, 0) is 13.8 Å². The van der Waals surface area contributed by atoms with E-state index in [0.29, 0.717) is 13.1 Å². The second-order valence-corrected chi connectivity index (χ2v) is 3.04. The molecular formula is C11H19NO3. The third-order valence-corrected chi connectivity index (χ3v) is 2.02. The summed E-state index contributed by atoms with van der Waals surface area (Å²) in [4.78, 5) is 24.2. The van der Waals surface area contributed by atoms with E-state index >= 15 is 0 Å². The summed E-state index contributed by atoms with van der Waals surface area (Å²) in [7, 11) is 0. The smallest absolute Gasteiger partial charge is 0.306 e. The molecule has 0 spiro atoms. The van der Waals surface area contributed by atoms with Crippen LogP contribution in [0.25, 0.3) is 0 Å². The van der Waals surface area contributed by atoms with Crippen LogP contribution < -0.4 is 0 Å². The van der Waals surface area contributed by atoms with Gasteiger partial charge in [0.05, 0.1) is 6.42 Å². The molecule has 4 heteroatoms. The zero-order chi connectivity index (χ0) is 11.7. The van der Waals surface area contributed by atoms with Gasteiger partial charge in [0, 0.05) is 19.5 Å². The summed E-state index contributed by atoms with van der Waals surface area (Å²) >= 11 is 0. The molecule has 0 aromatic carbocycles. The number of rotatable bonds is 7. The van der Waals surface area contributed by atoms with E-state index in [9.17, 15) is 9.59 Å². The highest BCUT2D eigenvalue weighted by Gasteiger charge is 2.11. The maximum atomic E-state index is 11.5. The fourth-order valence-electron chi connectivity index (χ4n) is 1.17. The Bertz CT molecular complexity index is 222. The Morgan fingerprint density at radius 3 is 2.33 bits per heavy atom. The standard InChI is InChI=1S/C11H19NO3/c1-4-9-15-11(14)8-7-10(13)12(5-2)6-3/h4H,1,5-9H2,2-3H3. The maximum Gasteiger partial charge on any atom is 0.306 e. The largest absolute Gasteiger partial charge is 0.461 e. The molecule has 4 nitrogen and oxygen atoms in total. The van der Waals surface area contributed by atoms with Gasteiger partial charge in [0.15, 0.2) is 0 Å². The van der Waals surface area contributed by atoms with Crippen LogP contribution in [0.4, 0.5) is 0 Å². The van der Waals surface area contributed by atoms with Crippen molar-refractivity contribution < 1.29 is 14.3 Å². The lowest BCUT2D eigenvalue weighted by Crippen LogP contribution is -2.30. The third-order valence-electron chi connectivity index (χ3n) is 2.02. The van der Waals surface area contributed by atoms with Crippen LogP contribution in [0.1, 0.15) is 26.7 Å². The monoisotopic (exact) mass is 213 g/mol. The predicted molar refractivity (Wildman–Crippen MR) is 58.3 cm³/mol. The second-order valence-electron chi connectivity index (χ2n) is 3.04. The topological polar surface area (TPSA) is 46.6 Å². The summed E-state index contributed by atoms with van der Waals surface area (Å²) in [5, 5.41) is 0. The molecule has 0 fully saturated rings. The van der Waals surface area contributed by atoms with Gasteiger partial charge < -0.3 is 9.64 Å². The van der Waals surface area contributed by atoms with Crippen LogP contribution in [0.5, 0.6) is 0 Å². The van der Waals surface area contributed by atoms with Gasteiger partial charge >= 0.3 is 5.97 Å². The van der Waals surface area contributed by atoms with Crippen LogP contribution in [-0.2, 0) is 14.3 Å². The van der Waals surface area contributed by atoms with Crippen molar-refractivity contribution in [3.05, 3.63) is 12.7 Å². The van der Waals surface area contributed by atoms with Crippen LogP contribution in [0.15, 0.2) is 12.7 Å². The highest BCUT2D eigenvalue weighted by Crippen LogP contribution is 1.99. The molecule has 0 aromatic rings. The van der Waals surface area contributed by atoms with Gasteiger partial charge in [0.25, 0.3) is 0 Å². The van der Waals surface area contributed by atoms with Gasteiger partial charge in [-0.25, -0.2) is 0 Å². The van der Waals surface area contributed by atoms with Crippen molar-refractivity contribution in [2.24, 2.45) is 0 Å². The van der Waals surface area contributed by atoms with Crippen LogP contribution in [-0.4, -0.2) is 36.5 Å². The molecule has 0 aliphatic heterocycles. The number of carbonyl (C=O) groups is 2. The normalized spacial score (nSPS) is 9.47. The Kier molecular flexibility index (Phi) is 7.32. The minimum absolute atomic E-state index is 0.00412. The van der Waals surface area contributed by atoms with E-state index in [2.05, 4.69) is 6.58 Å². The van der Waals surface area contributed by atoms with Crippen LogP contribution in [0.3, 0.4) is 0 Å². The zero-order valence-electron chi connectivity index (χ0n) is 9.49. The summed E-state index contributed by atoms with van der Waals surface area (Å²) < 4.78 is 4.76. The van der Waals surface area contributed by atoms with E-state index < -0.39 is 0 Å². The first kappa shape index (κ1) is 13.7. The molecule has 0 aliphatic rings. The van der Waals surface area contributed by atoms with E-state index in [4.69, 9.17) is 4.74 Å². The average molecular weight is 213 g/mol. The van der Waals surface area contributed by atoms with Gasteiger partial charge in [0.2, 0.25) is 5.91 Å². The van der Waals surface area contributed by atoms with Gasteiger partial charge in [-0.1, -0.05) is 12.7 Å². The molecule has 0 rings (SSSR count). The summed E-state index contributed by atoms with van der Waals surface area (Å²) in [6.45, 7) is 8.82. The van der Waals surface area contributed by atoms with Gasteiger partial charge in [-0.2, -0.15) is 0 Å². The highest BCUT2D eigenvalue weighted by atomic mass is 16.5. The number of nitrogens with zero attached hydrogens (tertiary/aromatic N) is 1. The van der Waals surface area contributed by atoms with Crippen molar-refractivity contribution in [2.45, 2.75) is 26.7 Å². The third kappa shape index (κ3) is 5.88. The Labute approximate surface area is 90.9 Å². The first-order valence-electron chi connectivity index (χ1n) is 5.19. The van der Waals surface area contributed by atoms with E-state index in [0.717, 1.165) is 0 Å². The lowest BCUT2D eigenvalue weighted by Gasteiger charge is -2.17. The predicted octanol–water partition coefficient (Wildman–Crippen LogP) is 1.36. The lowest BCUT2D eigenvalue weighted by molar-refractivity contribution is -0.145. The molecule has 15 heavy (non-hydrogen) atoms. The van der Waals surface area contributed by atoms with E-state index in [1.807, 2.05) is 13.8 Å². The summed E-state index contributed by atoms with van der Waals surface area (Å²) in [6.07, 6.45) is 1.87. The molecule has 0 heterocycles. The molecule has 0 atom stereocenters. The van der Waals surface area contributed by atoms with Gasteiger partial charge in [0.1, 0.15) is 6.61 Å². The Morgan fingerprint density at radius 1 is 1.27 bits per heavy atom. The first-order valence-corrected chi connectivity index (χ1v) is 5.19. The van der Waals surface area contributed by atoms with Crippen molar-refractivity contribution in [1.82, 2.24) is 4.90 Å². The fourth-order valence-corrected chi connectivity index (χ4v) is 1.17. The summed E-state index contributed by atoms with van der Waals surface area (Å²) in [6, 6.07) is 0. The number of hydrogen-bond acceptors (Lipinski definition) is 3. The summed E-state index contributed by atoms with van der Waals surface area (Å²) in [5.74, 6) is -0.356. The van der Waals surface area contributed by atoms with Gasteiger partial charge in [-0.3, -0.25) is 9.59 Å². The Hall–Kier alpha value is -1.32. The summed E-state index contributed by atoms with van der Waals surface area (Å²) in [5.41, 5.74) is 0. The molecule has 0 saturated carbocycles. The van der Waals surface area contributed by atoms with Gasteiger partial charge in [-0.15, -0.1) is 0 Å². The Morgan fingerprint density at radius 2 is 1.87 bits per heavy atom. The number of carbonyl (C=O) groups excluding carboxylic acids is 2. The van der Waals surface area contributed by atoms with E-state index in [1.165, 1.54) is 6.08 Å². The van der Waals surface area contributed by atoms with Crippen molar-refractivity contribution in [3.8, 4) is 0 Å². The second kappa shape index (κ2) is 8.03. The molecule has 0 saturated heterocycles. The minimum Gasteiger partial charge on any atom is -0.461 e. The number of amides is 1. The Balaban J connectivity index is 3.78. The number of ether oxygens (including phenoxy) is 1. The molecule has 0 aliphatic carbocycles. The fraction of sp³-hybridized carbons (Fsp3) is 0.636. The molecule has 0 radical (unpaired) electrons. The molecule has 86 valence electrons. The SMILES string of the molecule is C=CCOC(=O)CCC(=O)N(CC)CC. The molecule has 0 aromatic heterocycles. The molecular weight excluding hydrogens is 194 g/mol. The van der Waals surface area contributed by atoms with Crippen molar-refractivity contribution in [2.75, 3.05) is 19.7 Å². The number of hydrogen-bond donors (Lipinski definition) is 0. The molecule has 0 unspecified atom stereocenters. The number of esters is 1. The van der Waals surface area contributed by atoms with Crippen molar-refractivity contribution in [1.29, 1.82) is 0 Å².